The number of rotatable bonds is 4. The summed E-state index contributed by atoms with van der Waals surface area (Å²) in [6.45, 7) is -1.65. The molecule has 3 heterocycles. The molecule has 0 aliphatic rings. The summed E-state index contributed by atoms with van der Waals surface area (Å²) in [5.41, 5.74) is 1.47. The van der Waals surface area contributed by atoms with Crippen LogP contribution in [-0.2, 0) is 0 Å². The third kappa shape index (κ3) is 3.98. The Kier molecular flexibility index (Phi) is 4.57. The van der Waals surface area contributed by atoms with Crippen LogP contribution < -0.4 is 4.74 Å². The van der Waals surface area contributed by atoms with Crippen LogP contribution in [0.25, 0.3) is 28.3 Å². The molecule has 0 spiro atoms. The van der Waals surface area contributed by atoms with Crippen molar-refractivity contribution in [3.05, 3.63) is 60.6 Å². The molecule has 0 saturated carbocycles. The first-order chi connectivity index (χ1) is 13.8. The number of hydrogen-bond donors (Lipinski definition) is 0. The Morgan fingerprint density at radius 3 is 2.38 bits per heavy atom. The number of halogens is 5. The van der Waals surface area contributed by atoms with Crippen molar-refractivity contribution in [3.63, 3.8) is 0 Å². The fraction of sp³-hybridized carbons (Fsp3) is 0.111. The lowest BCUT2D eigenvalue weighted by Gasteiger charge is -2.09. The summed E-state index contributed by atoms with van der Waals surface area (Å²) in [4.78, 5) is 7.74. The van der Waals surface area contributed by atoms with Crippen LogP contribution in [0.5, 0.6) is 5.88 Å². The summed E-state index contributed by atoms with van der Waals surface area (Å²) in [5.74, 6) is -1.82. The molecule has 0 fully saturated rings. The van der Waals surface area contributed by atoms with Gasteiger partial charge >= 0.3 is 6.18 Å². The second-order valence-corrected chi connectivity index (χ2v) is 5.95. The summed E-state index contributed by atoms with van der Waals surface area (Å²) in [6.07, 6.45) is -0.558. The quantitative estimate of drug-likeness (QED) is 0.477. The normalized spacial score (nSPS) is 11.8. The van der Waals surface area contributed by atoms with E-state index in [4.69, 9.17) is 0 Å². The monoisotopic (exact) mass is 407 g/mol. The van der Waals surface area contributed by atoms with Crippen molar-refractivity contribution in [1.29, 1.82) is 0 Å². The second kappa shape index (κ2) is 7.08. The van der Waals surface area contributed by atoms with Crippen LogP contribution in [0, 0.1) is 11.6 Å². The van der Waals surface area contributed by atoms with Crippen molar-refractivity contribution in [3.8, 4) is 28.5 Å². The molecule has 0 aliphatic heterocycles. The number of alkyl halides is 3. The molecule has 6 nitrogen and oxygen atoms in total. The van der Waals surface area contributed by atoms with Crippen LogP contribution in [0.3, 0.4) is 0 Å². The summed E-state index contributed by atoms with van der Waals surface area (Å²) < 4.78 is 69.8. The number of nitrogens with zero attached hydrogens (tertiary/aromatic N) is 5. The lowest BCUT2D eigenvalue weighted by molar-refractivity contribution is -0.154. The largest absolute Gasteiger partial charge is 0.466 e. The fourth-order valence-corrected chi connectivity index (χ4v) is 2.57. The fourth-order valence-electron chi connectivity index (χ4n) is 2.57. The van der Waals surface area contributed by atoms with Crippen molar-refractivity contribution < 1.29 is 26.7 Å². The Morgan fingerprint density at radius 2 is 1.69 bits per heavy atom. The molecule has 0 saturated heterocycles. The van der Waals surface area contributed by atoms with Gasteiger partial charge in [0.05, 0.1) is 11.9 Å². The van der Waals surface area contributed by atoms with Crippen molar-refractivity contribution in [2.24, 2.45) is 0 Å². The molecule has 0 unspecified atom stereocenters. The molecule has 0 radical (unpaired) electrons. The van der Waals surface area contributed by atoms with Crippen molar-refractivity contribution in [2.45, 2.75) is 6.18 Å². The smallest absolute Gasteiger partial charge is 0.422 e. The van der Waals surface area contributed by atoms with Gasteiger partial charge in [-0.15, -0.1) is 10.2 Å². The Hall–Kier alpha value is -3.63. The lowest BCUT2D eigenvalue weighted by atomic mass is 10.2. The molecule has 0 atom stereocenters. The van der Waals surface area contributed by atoms with Crippen LogP contribution in [0.1, 0.15) is 0 Å². The van der Waals surface area contributed by atoms with E-state index in [1.807, 2.05) is 0 Å². The number of fused-ring (bicyclic) bond motifs is 1. The average molecular weight is 407 g/mol. The van der Waals surface area contributed by atoms with E-state index in [2.05, 4.69) is 24.9 Å². The van der Waals surface area contributed by atoms with Gasteiger partial charge in [-0.05, 0) is 30.3 Å². The zero-order valence-corrected chi connectivity index (χ0v) is 14.4. The highest BCUT2D eigenvalue weighted by atomic mass is 19.4. The number of aromatic nitrogens is 5. The van der Waals surface area contributed by atoms with E-state index in [9.17, 15) is 22.0 Å². The van der Waals surface area contributed by atoms with Crippen LogP contribution in [0.2, 0.25) is 0 Å². The molecular weight excluding hydrogens is 397 g/mol. The maximum absolute atomic E-state index is 14.1. The first kappa shape index (κ1) is 18.7. The molecule has 0 bridgehead atoms. The lowest BCUT2D eigenvalue weighted by Crippen LogP contribution is -2.20. The molecule has 4 aromatic rings. The SMILES string of the molecule is Fc1ccc(-c2nnc3cnc(-c4cnc(OCC(F)(F)F)c(F)c4)cn23)cc1. The molecule has 11 heteroatoms. The highest BCUT2D eigenvalue weighted by Gasteiger charge is 2.29. The minimum Gasteiger partial charge on any atom is -0.466 e. The number of benzene rings is 1. The van der Waals surface area contributed by atoms with Gasteiger partial charge in [0, 0.05) is 23.5 Å². The highest BCUT2D eigenvalue weighted by molar-refractivity contribution is 5.63. The molecule has 4 rings (SSSR count). The zero-order valence-electron chi connectivity index (χ0n) is 14.4. The van der Waals surface area contributed by atoms with E-state index in [0.29, 0.717) is 17.0 Å². The van der Waals surface area contributed by atoms with Crippen LogP contribution >= 0.6 is 0 Å². The third-order valence-electron chi connectivity index (χ3n) is 3.87. The van der Waals surface area contributed by atoms with E-state index < -0.39 is 30.3 Å². The van der Waals surface area contributed by atoms with Gasteiger partial charge in [0.15, 0.2) is 23.9 Å². The van der Waals surface area contributed by atoms with E-state index in [1.165, 1.54) is 36.7 Å². The Balaban J connectivity index is 1.68. The summed E-state index contributed by atoms with van der Waals surface area (Å²) in [6, 6.07) is 6.57. The Morgan fingerprint density at radius 1 is 0.931 bits per heavy atom. The van der Waals surface area contributed by atoms with Gasteiger partial charge in [-0.3, -0.25) is 9.38 Å². The van der Waals surface area contributed by atoms with E-state index in [1.54, 1.807) is 4.40 Å². The summed E-state index contributed by atoms with van der Waals surface area (Å²) in [7, 11) is 0. The van der Waals surface area contributed by atoms with Gasteiger partial charge in [0.1, 0.15) is 5.82 Å². The zero-order chi connectivity index (χ0) is 20.6. The molecule has 3 aromatic heterocycles. The summed E-state index contributed by atoms with van der Waals surface area (Å²) in [5, 5.41) is 8.02. The predicted molar refractivity (Wildman–Crippen MR) is 90.9 cm³/mol. The van der Waals surface area contributed by atoms with Gasteiger partial charge in [0.2, 0.25) is 0 Å². The van der Waals surface area contributed by atoms with Crippen LogP contribution in [0.15, 0.2) is 48.9 Å². The molecule has 0 amide bonds. The molecular formula is C18H10F5N5O. The maximum Gasteiger partial charge on any atom is 0.422 e. The van der Waals surface area contributed by atoms with Crippen molar-refractivity contribution in [1.82, 2.24) is 24.6 Å². The summed E-state index contributed by atoms with van der Waals surface area (Å²) >= 11 is 0. The maximum atomic E-state index is 14.1. The van der Waals surface area contributed by atoms with Crippen molar-refractivity contribution >= 4 is 5.65 Å². The number of ether oxygens (including phenoxy) is 1. The van der Waals surface area contributed by atoms with E-state index in [-0.39, 0.29) is 11.3 Å². The van der Waals surface area contributed by atoms with Gasteiger partial charge in [-0.2, -0.15) is 13.2 Å². The Bertz CT molecular complexity index is 1170. The first-order valence-corrected chi connectivity index (χ1v) is 8.12. The minimum absolute atomic E-state index is 0.211. The topological polar surface area (TPSA) is 65.2 Å². The second-order valence-electron chi connectivity index (χ2n) is 5.95. The standard InChI is InChI=1S/C18H10F5N5O/c19-12-3-1-10(2-4-12)16-27-26-15-7-24-14(8-28(15)16)11-5-13(20)17(25-6-11)29-9-18(21,22)23/h1-8H,9H2. The van der Waals surface area contributed by atoms with Crippen LogP contribution in [0.4, 0.5) is 22.0 Å². The Labute approximate surface area is 159 Å². The minimum atomic E-state index is -4.61. The van der Waals surface area contributed by atoms with Gasteiger partial charge < -0.3 is 4.74 Å². The van der Waals surface area contributed by atoms with Crippen LogP contribution in [-0.4, -0.2) is 37.3 Å². The average Bonchev–Trinajstić information content (AvgIpc) is 3.10. The number of hydrogen-bond acceptors (Lipinski definition) is 5. The molecule has 0 N–H and O–H groups in total. The molecule has 29 heavy (non-hydrogen) atoms. The van der Waals surface area contributed by atoms with Gasteiger partial charge in [-0.25, -0.2) is 13.8 Å². The number of pyridine rings is 1. The third-order valence-corrected chi connectivity index (χ3v) is 3.87. The van der Waals surface area contributed by atoms with Gasteiger partial charge in [-0.1, -0.05) is 0 Å². The van der Waals surface area contributed by atoms with E-state index in [0.717, 1.165) is 12.3 Å². The van der Waals surface area contributed by atoms with Gasteiger partial charge in [0.25, 0.3) is 5.88 Å². The van der Waals surface area contributed by atoms with Crippen molar-refractivity contribution in [2.75, 3.05) is 6.61 Å². The highest BCUT2D eigenvalue weighted by Crippen LogP contribution is 2.25. The first-order valence-electron chi connectivity index (χ1n) is 8.12. The molecule has 1 aromatic carbocycles. The van der Waals surface area contributed by atoms with E-state index >= 15 is 0 Å². The molecule has 148 valence electrons. The molecule has 0 aliphatic carbocycles. The predicted octanol–water partition coefficient (Wildman–Crippen LogP) is 4.07.